The molecule has 0 saturated carbocycles. The van der Waals surface area contributed by atoms with E-state index in [1.807, 2.05) is 4.57 Å². The van der Waals surface area contributed by atoms with Gasteiger partial charge in [-0.25, -0.2) is 0 Å². The van der Waals surface area contributed by atoms with Crippen LogP contribution in [0.4, 0.5) is 0 Å². The van der Waals surface area contributed by atoms with Gasteiger partial charge in [0, 0.05) is 25.4 Å². The van der Waals surface area contributed by atoms with Gasteiger partial charge < -0.3 is 9.88 Å². The minimum absolute atomic E-state index is 0.113. The molecule has 24 heavy (non-hydrogen) atoms. The zero-order valence-corrected chi connectivity index (χ0v) is 15.0. The molecule has 6 heteroatoms. The third kappa shape index (κ3) is 3.59. The van der Waals surface area contributed by atoms with Crippen LogP contribution >= 0.6 is 12.2 Å². The predicted molar refractivity (Wildman–Crippen MR) is 96.6 cm³/mol. The second-order valence-corrected chi connectivity index (χ2v) is 7.03. The SMILES string of the molecule is CC(C)n1c(CCNC(=O)CC2CCc3ccccc32)n[nH]c1=S. The average molecular weight is 344 g/mol. The van der Waals surface area contributed by atoms with Crippen molar-refractivity contribution in [2.45, 2.75) is 51.5 Å². The molecule has 1 unspecified atom stereocenters. The Kier molecular flexibility index (Phi) is 5.14. The van der Waals surface area contributed by atoms with Crippen LogP contribution in [0.2, 0.25) is 0 Å². The van der Waals surface area contributed by atoms with Crippen LogP contribution < -0.4 is 5.32 Å². The summed E-state index contributed by atoms with van der Waals surface area (Å²) in [6.45, 7) is 4.73. The van der Waals surface area contributed by atoms with E-state index in [1.165, 1.54) is 11.1 Å². The molecule has 0 spiro atoms. The number of fused-ring (bicyclic) bond motifs is 1. The molecule has 0 bridgehead atoms. The Balaban J connectivity index is 1.51. The zero-order valence-electron chi connectivity index (χ0n) is 14.2. The van der Waals surface area contributed by atoms with Gasteiger partial charge in [0.25, 0.3) is 0 Å². The first kappa shape index (κ1) is 16.9. The number of amides is 1. The molecule has 2 N–H and O–H groups in total. The van der Waals surface area contributed by atoms with Crippen molar-refractivity contribution in [2.75, 3.05) is 6.54 Å². The number of nitrogens with one attached hydrogen (secondary N) is 2. The zero-order chi connectivity index (χ0) is 17.1. The lowest BCUT2D eigenvalue weighted by molar-refractivity contribution is -0.121. The molecule has 1 atom stereocenters. The molecule has 1 aliphatic carbocycles. The summed E-state index contributed by atoms with van der Waals surface area (Å²) in [7, 11) is 0. The summed E-state index contributed by atoms with van der Waals surface area (Å²) in [6, 6.07) is 8.71. The second kappa shape index (κ2) is 7.30. The van der Waals surface area contributed by atoms with E-state index in [9.17, 15) is 4.79 Å². The van der Waals surface area contributed by atoms with E-state index in [0.29, 0.717) is 30.1 Å². The fraction of sp³-hybridized carbons (Fsp3) is 0.500. The third-order valence-electron chi connectivity index (χ3n) is 4.65. The molecule has 1 aromatic carbocycles. The standard InChI is InChI=1S/C18H24N4OS/c1-12(2)22-16(20-21-18(22)24)9-10-19-17(23)11-14-8-7-13-5-3-4-6-15(13)14/h3-6,12,14H,7-11H2,1-2H3,(H,19,23)(H,21,24). The number of hydrogen-bond donors (Lipinski definition) is 2. The predicted octanol–water partition coefficient (Wildman–Crippen LogP) is 3.30. The number of carbonyl (C=O) groups excluding carboxylic acids is 1. The Morgan fingerprint density at radius 3 is 3.04 bits per heavy atom. The van der Waals surface area contributed by atoms with Crippen LogP contribution in [0.15, 0.2) is 24.3 Å². The molecule has 1 aliphatic rings. The van der Waals surface area contributed by atoms with Crippen LogP contribution in [0.5, 0.6) is 0 Å². The van der Waals surface area contributed by atoms with Crippen molar-refractivity contribution in [1.82, 2.24) is 20.1 Å². The summed E-state index contributed by atoms with van der Waals surface area (Å²) in [4.78, 5) is 12.3. The number of H-pyrrole nitrogens is 1. The molecular weight excluding hydrogens is 320 g/mol. The van der Waals surface area contributed by atoms with E-state index in [4.69, 9.17) is 12.2 Å². The molecule has 5 nitrogen and oxygen atoms in total. The molecule has 128 valence electrons. The van der Waals surface area contributed by atoms with Gasteiger partial charge in [-0.05, 0) is 56.0 Å². The highest BCUT2D eigenvalue weighted by Gasteiger charge is 2.24. The van der Waals surface area contributed by atoms with Gasteiger partial charge in [0.2, 0.25) is 5.91 Å². The summed E-state index contributed by atoms with van der Waals surface area (Å²) in [5.74, 6) is 1.36. The largest absolute Gasteiger partial charge is 0.356 e. The van der Waals surface area contributed by atoms with E-state index in [2.05, 4.69) is 53.6 Å². The van der Waals surface area contributed by atoms with Crippen molar-refractivity contribution in [2.24, 2.45) is 0 Å². The van der Waals surface area contributed by atoms with E-state index in [1.54, 1.807) is 0 Å². The van der Waals surface area contributed by atoms with Crippen LogP contribution in [0.1, 0.15) is 55.6 Å². The van der Waals surface area contributed by atoms with Gasteiger partial charge in [-0.1, -0.05) is 24.3 Å². The minimum Gasteiger partial charge on any atom is -0.356 e. The number of aromatic amines is 1. The van der Waals surface area contributed by atoms with Crippen molar-refractivity contribution in [1.29, 1.82) is 0 Å². The van der Waals surface area contributed by atoms with Crippen LogP contribution in [0, 0.1) is 4.77 Å². The smallest absolute Gasteiger partial charge is 0.220 e. The van der Waals surface area contributed by atoms with Gasteiger partial charge in [0.05, 0.1) is 0 Å². The molecule has 1 amide bonds. The Bertz CT molecular complexity index is 777. The maximum absolute atomic E-state index is 12.3. The summed E-state index contributed by atoms with van der Waals surface area (Å²) in [5, 5.41) is 10.1. The lowest BCUT2D eigenvalue weighted by atomic mass is 9.97. The lowest BCUT2D eigenvalue weighted by Crippen LogP contribution is -2.27. The van der Waals surface area contributed by atoms with Gasteiger partial charge in [-0.2, -0.15) is 5.10 Å². The Morgan fingerprint density at radius 1 is 1.46 bits per heavy atom. The number of aromatic nitrogens is 3. The van der Waals surface area contributed by atoms with E-state index < -0.39 is 0 Å². The minimum atomic E-state index is 0.113. The topological polar surface area (TPSA) is 62.7 Å². The van der Waals surface area contributed by atoms with Gasteiger partial charge in [-0.3, -0.25) is 9.89 Å². The first-order valence-corrected chi connectivity index (χ1v) is 8.97. The van der Waals surface area contributed by atoms with Crippen LogP contribution in [-0.2, 0) is 17.6 Å². The molecule has 2 aromatic rings. The van der Waals surface area contributed by atoms with Gasteiger partial charge in [0.1, 0.15) is 5.82 Å². The number of nitrogens with zero attached hydrogens (tertiary/aromatic N) is 2. The molecule has 0 fully saturated rings. The summed E-state index contributed by atoms with van der Waals surface area (Å²) in [5.41, 5.74) is 2.73. The monoisotopic (exact) mass is 344 g/mol. The van der Waals surface area contributed by atoms with Gasteiger partial charge >= 0.3 is 0 Å². The normalized spacial score (nSPS) is 16.4. The Hall–Kier alpha value is -1.95. The fourth-order valence-corrected chi connectivity index (χ4v) is 3.88. The quantitative estimate of drug-likeness (QED) is 0.790. The van der Waals surface area contributed by atoms with Crippen molar-refractivity contribution < 1.29 is 4.79 Å². The highest BCUT2D eigenvalue weighted by molar-refractivity contribution is 7.71. The maximum atomic E-state index is 12.3. The van der Waals surface area contributed by atoms with Crippen molar-refractivity contribution in [3.63, 3.8) is 0 Å². The molecule has 1 heterocycles. The Labute approximate surface area is 147 Å². The molecule has 0 saturated heterocycles. The molecule has 0 aliphatic heterocycles. The maximum Gasteiger partial charge on any atom is 0.220 e. The molecule has 3 rings (SSSR count). The van der Waals surface area contributed by atoms with E-state index in [-0.39, 0.29) is 11.9 Å². The van der Waals surface area contributed by atoms with Gasteiger partial charge in [0.15, 0.2) is 4.77 Å². The van der Waals surface area contributed by atoms with Crippen LogP contribution in [0.25, 0.3) is 0 Å². The molecule has 1 aromatic heterocycles. The summed E-state index contributed by atoms with van der Waals surface area (Å²) < 4.78 is 2.63. The second-order valence-electron chi connectivity index (χ2n) is 6.65. The number of aryl methyl sites for hydroxylation is 1. The number of hydrogen-bond acceptors (Lipinski definition) is 3. The highest BCUT2D eigenvalue weighted by Crippen LogP contribution is 2.34. The third-order valence-corrected chi connectivity index (χ3v) is 4.94. The van der Waals surface area contributed by atoms with E-state index >= 15 is 0 Å². The van der Waals surface area contributed by atoms with E-state index in [0.717, 1.165) is 18.7 Å². The molecule has 0 radical (unpaired) electrons. The Morgan fingerprint density at radius 2 is 2.25 bits per heavy atom. The number of carbonyl (C=O) groups is 1. The highest BCUT2D eigenvalue weighted by atomic mass is 32.1. The van der Waals surface area contributed by atoms with Crippen LogP contribution in [-0.4, -0.2) is 27.2 Å². The van der Waals surface area contributed by atoms with Crippen molar-refractivity contribution >= 4 is 18.1 Å². The summed E-state index contributed by atoms with van der Waals surface area (Å²) >= 11 is 5.24. The van der Waals surface area contributed by atoms with Crippen molar-refractivity contribution in [3.05, 3.63) is 46.0 Å². The first-order chi connectivity index (χ1) is 11.6. The van der Waals surface area contributed by atoms with Crippen LogP contribution in [0.3, 0.4) is 0 Å². The first-order valence-electron chi connectivity index (χ1n) is 8.56. The lowest BCUT2D eigenvalue weighted by Gasteiger charge is -2.13. The number of rotatable bonds is 6. The molecular formula is C18H24N4OS. The van der Waals surface area contributed by atoms with Gasteiger partial charge in [-0.15, -0.1) is 0 Å². The average Bonchev–Trinajstić information content (AvgIpc) is 3.12. The number of benzene rings is 1. The van der Waals surface area contributed by atoms with Crippen molar-refractivity contribution in [3.8, 4) is 0 Å². The fourth-order valence-electron chi connectivity index (χ4n) is 3.51. The summed E-state index contributed by atoms with van der Waals surface area (Å²) in [6.07, 6.45) is 3.39.